The van der Waals surface area contributed by atoms with Crippen LogP contribution in [0.5, 0.6) is 0 Å². The van der Waals surface area contributed by atoms with Crippen molar-refractivity contribution in [3.8, 4) is 0 Å². The summed E-state index contributed by atoms with van der Waals surface area (Å²) < 4.78 is 3.23. The predicted molar refractivity (Wildman–Crippen MR) is 110 cm³/mol. The van der Waals surface area contributed by atoms with Gasteiger partial charge in [0.05, 0.1) is 6.54 Å². The topological polar surface area (TPSA) is 113 Å². The molecule has 0 radical (unpaired) electrons. The predicted octanol–water partition coefficient (Wildman–Crippen LogP) is 1.80. The van der Waals surface area contributed by atoms with Crippen molar-refractivity contribution in [1.29, 1.82) is 0 Å². The molecule has 2 aromatic heterocycles. The van der Waals surface area contributed by atoms with Gasteiger partial charge in [-0.25, -0.2) is 9.78 Å². The minimum absolute atomic E-state index is 0.195. The number of carboxylic acid groups (broad SMARTS) is 1. The zero-order chi connectivity index (χ0) is 21.0. The van der Waals surface area contributed by atoms with Crippen molar-refractivity contribution >= 4 is 22.8 Å². The first-order valence-electron chi connectivity index (χ1n) is 9.70. The van der Waals surface area contributed by atoms with E-state index < -0.39 is 17.2 Å². The average molecular weight is 399 g/mol. The molecule has 2 N–H and O–H groups in total. The lowest BCUT2D eigenvalue weighted by molar-refractivity contribution is -0.135. The largest absolute Gasteiger partial charge is 0.480 e. The summed E-state index contributed by atoms with van der Waals surface area (Å²) in [4.78, 5) is 44.9. The van der Waals surface area contributed by atoms with Crippen LogP contribution in [0, 0.1) is 0 Å². The Morgan fingerprint density at radius 2 is 1.90 bits per heavy atom. The second kappa shape index (κ2) is 8.76. The van der Waals surface area contributed by atoms with E-state index in [1.165, 1.54) is 4.57 Å². The second-order valence-electron chi connectivity index (χ2n) is 6.79. The van der Waals surface area contributed by atoms with E-state index in [2.05, 4.69) is 9.97 Å². The van der Waals surface area contributed by atoms with Crippen molar-refractivity contribution in [2.45, 2.75) is 46.3 Å². The highest BCUT2D eigenvalue weighted by Crippen LogP contribution is 2.19. The number of para-hydroxylation sites is 1. The molecule has 1 aromatic carbocycles. The number of nitrogens with zero attached hydrogens (tertiary/aromatic N) is 4. The molecule has 0 unspecified atom stereocenters. The van der Waals surface area contributed by atoms with Gasteiger partial charge in [0.25, 0.3) is 5.56 Å². The highest BCUT2D eigenvalue weighted by Gasteiger charge is 2.20. The summed E-state index contributed by atoms with van der Waals surface area (Å²) in [5.74, 6) is -0.431. The molecule has 0 spiro atoms. The lowest BCUT2D eigenvalue weighted by Gasteiger charge is -2.22. The van der Waals surface area contributed by atoms with Crippen LogP contribution >= 0.6 is 0 Å². The molecular weight excluding hydrogens is 374 g/mol. The van der Waals surface area contributed by atoms with Gasteiger partial charge in [-0.2, -0.15) is 0 Å². The third kappa shape index (κ3) is 4.23. The lowest BCUT2D eigenvalue weighted by Crippen LogP contribution is -2.31. The molecular formula is C20H25N5O4. The molecule has 0 aliphatic rings. The number of fused-ring (bicyclic) bond motifs is 1. The van der Waals surface area contributed by atoms with Crippen LogP contribution in [0.3, 0.4) is 0 Å². The molecule has 0 aliphatic carbocycles. The molecule has 0 saturated carbocycles. The summed E-state index contributed by atoms with van der Waals surface area (Å²) in [6.45, 7) is 4.82. The minimum atomic E-state index is -0.967. The van der Waals surface area contributed by atoms with Crippen molar-refractivity contribution in [1.82, 2.24) is 19.1 Å². The number of benzene rings is 1. The number of rotatable bonds is 9. The van der Waals surface area contributed by atoms with Gasteiger partial charge < -0.3 is 14.6 Å². The number of anilines is 1. The number of hydrogen-bond donors (Lipinski definition) is 2. The number of hydrogen-bond acceptors (Lipinski definition) is 5. The summed E-state index contributed by atoms with van der Waals surface area (Å²) in [6.07, 6.45) is 1.68. The minimum Gasteiger partial charge on any atom is -0.480 e. The maximum Gasteiger partial charge on any atom is 0.330 e. The highest BCUT2D eigenvalue weighted by atomic mass is 16.4. The van der Waals surface area contributed by atoms with Crippen LogP contribution in [0.15, 0.2) is 39.9 Å². The monoisotopic (exact) mass is 399 g/mol. The highest BCUT2D eigenvalue weighted by molar-refractivity contribution is 5.74. The van der Waals surface area contributed by atoms with E-state index in [-0.39, 0.29) is 13.1 Å². The molecule has 0 atom stereocenters. The number of aromatic nitrogens is 4. The molecule has 0 amide bonds. The third-order valence-electron chi connectivity index (χ3n) is 4.80. The summed E-state index contributed by atoms with van der Waals surface area (Å²) in [7, 11) is 0. The molecule has 0 fully saturated rings. The summed E-state index contributed by atoms with van der Waals surface area (Å²) in [6, 6.07) is 9.17. The fourth-order valence-electron chi connectivity index (χ4n) is 3.41. The SMILES string of the molecule is CCCCn1c(=O)[nH]c(=O)c2c1nc(CN(CC(=O)O)c1ccccc1)n2CC. The smallest absolute Gasteiger partial charge is 0.330 e. The van der Waals surface area contributed by atoms with E-state index in [0.29, 0.717) is 30.1 Å². The zero-order valence-corrected chi connectivity index (χ0v) is 16.6. The van der Waals surface area contributed by atoms with Crippen molar-refractivity contribution in [2.24, 2.45) is 0 Å². The normalized spacial score (nSPS) is 11.1. The maximum atomic E-state index is 12.5. The first-order valence-corrected chi connectivity index (χ1v) is 9.70. The number of carbonyl (C=O) groups is 1. The molecule has 9 heteroatoms. The summed E-state index contributed by atoms with van der Waals surface area (Å²) >= 11 is 0. The third-order valence-corrected chi connectivity index (χ3v) is 4.80. The van der Waals surface area contributed by atoms with Gasteiger partial charge in [-0.1, -0.05) is 31.5 Å². The Labute approximate surface area is 167 Å². The van der Waals surface area contributed by atoms with Gasteiger partial charge in [0.15, 0.2) is 11.2 Å². The number of carboxylic acids is 1. The average Bonchev–Trinajstić information content (AvgIpc) is 3.06. The van der Waals surface area contributed by atoms with E-state index in [9.17, 15) is 19.5 Å². The number of aromatic amines is 1. The Balaban J connectivity index is 2.13. The summed E-state index contributed by atoms with van der Waals surface area (Å²) in [5, 5.41) is 9.34. The lowest BCUT2D eigenvalue weighted by atomic mass is 10.3. The van der Waals surface area contributed by atoms with Crippen LogP contribution in [-0.4, -0.2) is 36.7 Å². The van der Waals surface area contributed by atoms with Crippen molar-refractivity contribution in [3.63, 3.8) is 0 Å². The first-order chi connectivity index (χ1) is 14.0. The quantitative estimate of drug-likeness (QED) is 0.567. The molecule has 2 heterocycles. The summed E-state index contributed by atoms with van der Waals surface area (Å²) in [5.41, 5.74) is 0.451. The Kier molecular flexibility index (Phi) is 6.16. The molecule has 0 saturated heterocycles. The Bertz CT molecular complexity index is 1110. The van der Waals surface area contributed by atoms with Gasteiger partial charge >= 0.3 is 11.7 Å². The molecule has 0 bridgehead atoms. The number of unbranched alkanes of at least 4 members (excludes halogenated alkanes) is 1. The van der Waals surface area contributed by atoms with E-state index in [4.69, 9.17) is 0 Å². The number of imidazole rings is 1. The van der Waals surface area contributed by atoms with Crippen molar-refractivity contribution < 1.29 is 9.90 Å². The molecule has 3 aromatic rings. The Hall–Kier alpha value is -3.36. The number of nitrogens with one attached hydrogen (secondary N) is 1. The molecule has 3 rings (SSSR count). The van der Waals surface area contributed by atoms with Crippen LogP contribution < -0.4 is 16.1 Å². The Morgan fingerprint density at radius 1 is 1.17 bits per heavy atom. The fourth-order valence-corrected chi connectivity index (χ4v) is 3.41. The first kappa shape index (κ1) is 20.4. The maximum absolute atomic E-state index is 12.5. The molecule has 9 nitrogen and oxygen atoms in total. The standard InChI is InChI=1S/C20H25N5O4/c1-3-5-11-25-18-17(19(28)22-20(25)29)24(4-2)15(21-18)12-23(13-16(26)27)14-9-7-6-8-10-14/h6-10H,3-5,11-13H2,1-2H3,(H,26,27)(H,22,28,29). The van der Waals surface area contributed by atoms with Gasteiger partial charge in [-0.05, 0) is 25.5 Å². The van der Waals surface area contributed by atoms with E-state index in [1.807, 2.05) is 44.2 Å². The van der Waals surface area contributed by atoms with Crippen LogP contribution in [0.2, 0.25) is 0 Å². The fraction of sp³-hybridized carbons (Fsp3) is 0.400. The van der Waals surface area contributed by atoms with Crippen LogP contribution in [0.1, 0.15) is 32.5 Å². The van der Waals surface area contributed by atoms with Crippen LogP contribution in [0.4, 0.5) is 5.69 Å². The second-order valence-corrected chi connectivity index (χ2v) is 6.79. The zero-order valence-electron chi connectivity index (χ0n) is 16.6. The Morgan fingerprint density at radius 3 is 2.52 bits per heavy atom. The van der Waals surface area contributed by atoms with Crippen molar-refractivity contribution in [3.05, 3.63) is 57.0 Å². The van der Waals surface area contributed by atoms with Crippen molar-refractivity contribution in [2.75, 3.05) is 11.4 Å². The van der Waals surface area contributed by atoms with Crippen LogP contribution in [-0.2, 0) is 24.4 Å². The van der Waals surface area contributed by atoms with E-state index in [1.54, 1.807) is 9.47 Å². The molecule has 0 aliphatic heterocycles. The number of aryl methyl sites for hydroxylation is 2. The van der Waals surface area contributed by atoms with Gasteiger partial charge in [0.2, 0.25) is 0 Å². The van der Waals surface area contributed by atoms with Gasteiger partial charge in [-0.3, -0.25) is 19.1 Å². The van der Waals surface area contributed by atoms with Gasteiger partial charge in [0, 0.05) is 18.8 Å². The van der Waals surface area contributed by atoms with Gasteiger partial charge in [-0.15, -0.1) is 0 Å². The molecule has 154 valence electrons. The number of H-pyrrole nitrogens is 1. The number of aliphatic carboxylic acids is 1. The van der Waals surface area contributed by atoms with E-state index >= 15 is 0 Å². The van der Waals surface area contributed by atoms with E-state index in [0.717, 1.165) is 18.5 Å². The van der Waals surface area contributed by atoms with Crippen LogP contribution in [0.25, 0.3) is 11.2 Å². The molecule has 29 heavy (non-hydrogen) atoms. The van der Waals surface area contributed by atoms with Gasteiger partial charge in [0.1, 0.15) is 12.4 Å².